The Bertz CT molecular complexity index is 1380. The molecule has 0 spiro atoms. The van der Waals surface area contributed by atoms with Crippen LogP contribution >= 0.6 is 0 Å². The van der Waals surface area contributed by atoms with E-state index in [-0.39, 0.29) is 13.1 Å². The van der Waals surface area contributed by atoms with E-state index in [4.69, 9.17) is 9.26 Å². The lowest BCUT2D eigenvalue weighted by Gasteiger charge is -2.31. The summed E-state index contributed by atoms with van der Waals surface area (Å²) in [6.07, 6.45) is -2.07. The van der Waals surface area contributed by atoms with Crippen LogP contribution in [0.25, 0.3) is 11.3 Å². The highest BCUT2D eigenvalue weighted by Crippen LogP contribution is 2.31. The van der Waals surface area contributed by atoms with Crippen LogP contribution in [0, 0.1) is 5.41 Å². The number of ketones is 1. The van der Waals surface area contributed by atoms with Crippen LogP contribution in [0.3, 0.4) is 0 Å². The minimum atomic E-state index is -4.44. The molecule has 2 aromatic heterocycles. The van der Waals surface area contributed by atoms with Crippen molar-refractivity contribution in [2.45, 2.75) is 71.9 Å². The molecule has 0 bridgehead atoms. The van der Waals surface area contributed by atoms with Crippen LogP contribution in [0.15, 0.2) is 65.5 Å². The molecule has 2 N–H and O–H groups in total. The number of ether oxygens (including phenoxy) is 1. The van der Waals surface area contributed by atoms with E-state index in [1.165, 1.54) is 29.1 Å². The van der Waals surface area contributed by atoms with E-state index in [2.05, 4.69) is 27.5 Å². The number of nitrogens with one attached hydrogen (secondary N) is 2. The topological polar surface area (TPSA) is 128 Å². The zero-order valence-corrected chi connectivity index (χ0v) is 23.8. The molecule has 0 aliphatic heterocycles. The van der Waals surface area contributed by atoms with Crippen molar-refractivity contribution in [2.75, 3.05) is 0 Å². The molecule has 0 fully saturated rings. The summed E-state index contributed by atoms with van der Waals surface area (Å²) in [7, 11) is 0. The molecule has 0 radical (unpaired) electrons. The Hall–Kier alpha value is -4.42. The van der Waals surface area contributed by atoms with Crippen LogP contribution < -0.4 is 10.6 Å². The van der Waals surface area contributed by atoms with Crippen molar-refractivity contribution in [3.63, 3.8) is 0 Å². The van der Waals surface area contributed by atoms with E-state index in [1.807, 2.05) is 27.7 Å². The average molecular weight is 590 g/mol. The van der Waals surface area contributed by atoms with Crippen molar-refractivity contribution in [2.24, 2.45) is 5.41 Å². The molecule has 2 heterocycles. The molecule has 2 atom stereocenters. The van der Waals surface area contributed by atoms with Crippen molar-refractivity contribution in [1.29, 1.82) is 0 Å². The molecule has 0 saturated carbocycles. The van der Waals surface area contributed by atoms with Gasteiger partial charge >= 0.3 is 12.3 Å². The highest BCUT2D eigenvalue weighted by atomic mass is 19.4. The summed E-state index contributed by atoms with van der Waals surface area (Å²) in [6, 6.07) is 6.50. The SMILES string of the molecule is C=C(CCC)[C@H](NC(=O)O[C@H](Cn1ccc(-c2ccc(C(F)(F)F)cc2)n1)C(C)(C)C)C(=O)C(=O)NCc1ccno1. The molecule has 2 amide bonds. The monoisotopic (exact) mass is 589 g/mol. The number of carbonyl (C=O) groups excluding carboxylic acids is 3. The molecular formula is C29H34F3N5O5. The number of benzene rings is 1. The van der Waals surface area contributed by atoms with E-state index in [1.54, 1.807) is 12.3 Å². The summed E-state index contributed by atoms with van der Waals surface area (Å²) in [6.45, 7) is 11.3. The van der Waals surface area contributed by atoms with Crippen molar-refractivity contribution in [3.05, 3.63) is 72.3 Å². The molecule has 0 aliphatic rings. The highest BCUT2D eigenvalue weighted by molar-refractivity contribution is 6.39. The number of Topliss-reactive ketones (excluding diaryl/α,β-unsaturated/α-hetero) is 1. The Labute approximate surface area is 241 Å². The number of amides is 2. The zero-order chi connectivity index (χ0) is 31.1. The van der Waals surface area contributed by atoms with Crippen LogP contribution in [-0.2, 0) is 33.6 Å². The van der Waals surface area contributed by atoms with Gasteiger partial charge in [0.05, 0.1) is 30.5 Å². The normalized spacial score (nSPS) is 13.2. The Kier molecular flexibility index (Phi) is 10.3. The lowest BCUT2D eigenvalue weighted by atomic mass is 9.89. The van der Waals surface area contributed by atoms with Crippen LogP contribution in [-0.4, -0.2) is 44.9 Å². The van der Waals surface area contributed by atoms with Crippen molar-refractivity contribution in [3.8, 4) is 11.3 Å². The summed E-state index contributed by atoms with van der Waals surface area (Å²) < 4.78 is 50.9. The summed E-state index contributed by atoms with van der Waals surface area (Å²) in [5, 5.41) is 12.9. The Morgan fingerprint density at radius 1 is 1.10 bits per heavy atom. The summed E-state index contributed by atoms with van der Waals surface area (Å²) in [5.74, 6) is -1.50. The van der Waals surface area contributed by atoms with Crippen LogP contribution in [0.2, 0.25) is 0 Å². The molecule has 1 aromatic carbocycles. The van der Waals surface area contributed by atoms with E-state index >= 15 is 0 Å². The van der Waals surface area contributed by atoms with Gasteiger partial charge in [-0.25, -0.2) is 4.79 Å². The highest BCUT2D eigenvalue weighted by Gasteiger charge is 2.34. The second-order valence-corrected chi connectivity index (χ2v) is 10.8. The number of aromatic nitrogens is 3. The molecule has 10 nitrogen and oxygen atoms in total. The number of halogens is 3. The Balaban J connectivity index is 1.69. The first kappa shape index (κ1) is 32.1. The molecular weight excluding hydrogens is 555 g/mol. The average Bonchev–Trinajstić information content (AvgIpc) is 3.61. The number of hydrogen-bond acceptors (Lipinski definition) is 7. The third kappa shape index (κ3) is 8.79. The van der Waals surface area contributed by atoms with E-state index in [0.717, 1.165) is 12.1 Å². The first-order valence-corrected chi connectivity index (χ1v) is 13.3. The van der Waals surface area contributed by atoms with Gasteiger partial charge in [-0.2, -0.15) is 18.3 Å². The van der Waals surface area contributed by atoms with Gasteiger partial charge < -0.3 is 19.9 Å². The summed E-state index contributed by atoms with van der Waals surface area (Å²) in [5.41, 5.74) is -0.0612. The van der Waals surface area contributed by atoms with Gasteiger partial charge in [0.1, 0.15) is 12.1 Å². The molecule has 13 heteroatoms. The van der Waals surface area contributed by atoms with Gasteiger partial charge in [0.15, 0.2) is 5.76 Å². The van der Waals surface area contributed by atoms with Crippen molar-refractivity contribution in [1.82, 2.24) is 25.6 Å². The summed E-state index contributed by atoms with van der Waals surface area (Å²) >= 11 is 0. The van der Waals surface area contributed by atoms with Crippen LogP contribution in [0.4, 0.5) is 18.0 Å². The molecule has 3 aromatic rings. The minimum absolute atomic E-state index is 0.0631. The molecule has 3 rings (SSSR count). The molecule has 0 unspecified atom stereocenters. The van der Waals surface area contributed by atoms with Gasteiger partial charge in [-0.3, -0.25) is 14.3 Å². The zero-order valence-electron chi connectivity index (χ0n) is 23.8. The summed E-state index contributed by atoms with van der Waals surface area (Å²) in [4.78, 5) is 38.5. The van der Waals surface area contributed by atoms with Gasteiger partial charge in [0.2, 0.25) is 5.78 Å². The lowest BCUT2D eigenvalue weighted by Crippen LogP contribution is -2.50. The smallest absolute Gasteiger partial charge is 0.416 e. The third-order valence-corrected chi connectivity index (χ3v) is 6.36. The number of alkyl halides is 3. The predicted octanol–water partition coefficient (Wildman–Crippen LogP) is 5.31. The first-order valence-electron chi connectivity index (χ1n) is 13.3. The Morgan fingerprint density at radius 2 is 1.79 bits per heavy atom. The van der Waals surface area contributed by atoms with Crippen LogP contribution in [0.5, 0.6) is 0 Å². The maximum Gasteiger partial charge on any atom is 0.416 e. The number of rotatable bonds is 12. The number of nitrogens with zero attached hydrogens (tertiary/aromatic N) is 3. The Morgan fingerprint density at radius 3 is 2.36 bits per heavy atom. The van der Waals surface area contributed by atoms with Gasteiger partial charge in [-0.1, -0.05) is 58.0 Å². The largest absolute Gasteiger partial charge is 0.444 e. The third-order valence-electron chi connectivity index (χ3n) is 6.36. The van der Waals surface area contributed by atoms with E-state index in [9.17, 15) is 27.6 Å². The standard InChI is InChI=1S/C29H34F3N5O5/c1-6-7-18(2)24(25(38)26(39)33-16-21-12-14-34-42-21)35-27(40)41-23(28(3,4)5)17-37-15-13-22(36-37)19-8-10-20(11-9-19)29(30,31)32/h8-15,23-24H,2,6-7,16-17H2,1,3-5H3,(H,33,39)(H,35,40)/t23-,24+/m1/s1. The first-order chi connectivity index (χ1) is 19.7. The van der Waals surface area contributed by atoms with Crippen molar-refractivity contribution >= 4 is 17.8 Å². The fraction of sp³-hybridized carbons (Fsp3) is 0.414. The molecule has 0 aliphatic carbocycles. The van der Waals surface area contributed by atoms with Gasteiger partial charge in [-0.15, -0.1) is 0 Å². The maximum atomic E-state index is 13.0. The number of alkyl carbamates (subject to hydrolysis) is 1. The number of carbonyl (C=O) groups is 3. The molecule has 226 valence electrons. The lowest BCUT2D eigenvalue weighted by molar-refractivity contribution is -0.138. The van der Waals surface area contributed by atoms with E-state index < -0.39 is 47.1 Å². The second-order valence-electron chi connectivity index (χ2n) is 10.8. The predicted molar refractivity (Wildman–Crippen MR) is 147 cm³/mol. The quantitative estimate of drug-likeness (QED) is 0.217. The van der Waals surface area contributed by atoms with Crippen LogP contribution in [0.1, 0.15) is 51.9 Å². The second kappa shape index (κ2) is 13.5. The minimum Gasteiger partial charge on any atom is -0.444 e. The van der Waals surface area contributed by atoms with Gasteiger partial charge in [0.25, 0.3) is 5.91 Å². The van der Waals surface area contributed by atoms with Crippen molar-refractivity contribution < 1.29 is 36.8 Å². The molecule has 42 heavy (non-hydrogen) atoms. The van der Waals surface area contributed by atoms with Gasteiger partial charge in [-0.05, 0) is 30.2 Å². The van der Waals surface area contributed by atoms with Gasteiger partial charge in [0, 0.05) is 23.2 Å². The number of hydrogen-bond donors (Lipinski definition) is 2. The molecule has 0 saturated heterocycles. The fourth-order valence-corrected chi connectivity index (χ4v) is 3.92. The fourth-order valence-electron chi connectivity index (χ4n) is 3.92. The van der Waals surface area contributed by atoms with E-state index in [0.29, 0.717) is 35.4 Å². The maximum absolute atomic E-state index is 13.0.